The molecule has 5 heteroatoms. The van der Waals surface area contributed by atoms with E-state index in [4.69, 9.17) is 9.47 Å². The van der Waals surface area contributed by atoms with Crippen molar-refractivity contribution >= 4 is 0 Å². The summed E-state index contributed by atoms with van der Waals surface area (Å²) >= 11 is 0. The number of rotatable bonds is 7. The van der Waals surface area contributed by atoms with E-state index in [-0.39, 0.29) is 0 Å². The topological polar surface area (TPSA) is 56.5 Å². The highest BCUT2D eigenvalue weighted by Crippen LogP contribution is 2.35. The molecular formula is C16H22N2O3. The van der Waals surface area contributed by atoms with E-state index in [2.05, 4.69) is 16.5 Å². The van der Waals surface area contributed by atoms with Gasteiger partial charge in [-0.05, 0) is 18.6 Å². The first-order chi connectivity index (χ1) is 10.2. The molecule has 114 valence electrons. The molecule has 2 aromatic rings. The monoisotopic (exact) mass is 290 g/mol. The lowest BCUT2D eigenvalue weighted by atomic mass is 10.0. The number of benzene rings is 1. The van der Waals surface area contributed by atoms with Crippen molar-refractivity contribution < 1.29 is 14.6 Å². The Morgan fingerprint density at radius 2 is 1.90 bits per heavy atom. The van der Waals surface area contributed by atoms with Crippen molar-refractivity contribution in [2.75, 3.05) is 14.2 Å². The second kappa shape index (κ2) is 7.13. The average molecular weight is 290 g/mol. The maximum Gasteiger partial charge on any atom is 0.128 e. The lowest BCUT2D eigenvalue weighted by Gasteiger charge is -2.18. The molecule has 1 aromatic heterocycles. The molecule has 0 saturated heterocycles. The highest BCUT2D eigenvalue weighted by Gasteiger charge is 2.20. The highest BCUT2D eigenvalue weighted by molar-refractivity contribution is 5.46. The molecule has 0 radical (unpaired) electrons. The van der Waals surface area contributed by atoms with Gasteiger partial charge in [-0.2, -0.15) is 0 Å². The molecule has 0 spiro atoms. The fourth-order valence-corrected chi connectivity index (χ4v) is 2.46. The fourth-order valence-electron chi connectivity index (χ4n) is 2.46. The van der Waals surface area contributed by atoms with Crippen LogP contribution in [0.5, 0.6) is 11.5 Å². The van der Waals surface area contributed by atoms with Gasteiger partial charge >= 0.3 is 0 Å². The number of aryl methyl sites for hydroxylation is 1. The van der Waals surface area contributed by atoms with Gasteiger partial charge < -0.3 is 19.1 Å². The molecular weight excluding hydrogens is 268 g/mol. The number of nitrogens with zero attached hydrogens (tertiary/aromatic N) is 2. The zero-order valence-electron chi connectivity index (χ0n) is 12.7. The molecule has 21 heavy (non-hydrogen) atoms. The van der Waals surface area contributed by atoms with Crippen LogP contribution in [-0.2, 0) is 13.0 Å². The number of hydrogen-bond donors (Lipinski definition) is 1. The summed E-state index contributed by atoms with van der Waals surface area (Å²) in [6.07, 6.45) is 4.41. The van der Waals surface area contributed by atoms with Crippen LogP contribution >= 0.6 is 0 Å². The van der Waals surface area contributed by atoms with Crippen molar-refractivity contribution in [2.45, 2.75) is 32.4 Å². The number of aliphatic hydroxyl groups excluding tert-OH is 1. The molecule has 1 unspecified atom stereocenters. The molecule has 0 saturated carbocycles. The Hall–Kier alpha value is -2.01. The number of imidazole rings is 1. The van der Waals surface area contributed by atoms with Crippen molar-refractivity contribution in [3.63, 3.8) is 0 Å². The average Bonchev–Trinajstić information content (AvgIpc) is 2.93. The minimum atomic E-state index is -0.728. The van der Waals surface area contributed by atoms with Gasteiger partial charge in [-0.1, -0.05) is 13.0 Å². The van der Waals surface area contributed by atoms with Crippen LogP contribution in [0.3, 0.4) is 0 Å². The zero-order chi connectivity index (χ0) is 15.2. The van der Waals surface area contributed by atoms with Crippen molar-refractivity contribution in [3.8, 4) is 11.5 Å². The largest absolute Gasteiger partial charge is 0.496 e. The molecule has 1 aromatic carbocycles. The molecule has 0 amide bonds. The van der Waals surface area contributed by atoms with Gasteiger partial charge in [0, 0.05) is 25.4 Å². The summed E-state index contributed by atoms with van der Waals surface area (Å²) in [6.45, 7) is 3.01. The van der Waals surface area contributed by atoms with Crippen LogP contribution in [0.1, 0.15) is 30.8 Å². The van der Waals surface area contributed by atoms with Gasteiger partial charge in [0.25, 0.3) is 0 Å². The predicted octanol–water partition coefficient (Wildman–Crippen LogP) is 2.59. The molecule has 2 rings (SSSR count). The van der Waals surface area contributed by atoms with Crippen molar-refractivity contribution in [3.05, 3.63) is 42.0 Å². The maximum absolute atomic E-state index is 10.6. The van der Waals surface area contributed by atoms with Crippen molar-refractivity contribution in [1.82, 2.24) is 9.55 Å². The van der Waals surface area contributed by atoms with Crippen molar-refractivity contribution in [2.24, 2.45) is 0 Å². The zero-order valence-corrected chi connectivity index (χ0v) is 12.7. The van der Waals surface area contributed by atoms with E-state index in [9.17, 15) is 5.11 Å². The van der Waals surface area contributed by atoms with Gasteiger partial charge in [0.15, 0.2) is 0 Å². The quantitative estimate of drug-likeness (QED) is 0.851. The Morgan fingerprint density at radius 1 is 1.24 bits per heavy atom. The number of aromatic nitrogens is 2. The predicted molar refractivity (Wildman–Crippen MR) is 80.7 cm³/mol. The van der Waals surface area contributed by atoms with Crippen molar-refractivity contribution in [1.29, 1.82) is 0 Å². The smallest absolute Gasteiger partial charge is 0.128 e. The number of aliphatic hydroxyl groups is 1. The van der Waals surface area contributed by atoms with Crippen LogP contribution in [0.2, 0.25) is 0 Å². The van der Waals surface area contributed by atoms with Crippen LogP contribution in [0.15, 0.2) is 30.6 Å². The van der Waals surface area contributed by atoms with Gasteiger partial charge in [-0.15, -0.1) is 0 Å². The molecule has 1 N–H and O–H groups in total. The van der Waals surface area contributed by atoms with Gasteiger partial charge in [0.2, 0.25) is 0 Å². The fraction of sp³-hybridized carbons (Fsp3) is 0.438. The lowest BCUT2D eigenvalue weighted by molar-refractivity contribution is 0.165. The summed E-state index contributed by atoms with van der Waals surface area (Å²) in [6, 6.07) is 5.48. The molecule has 5 nitrogen and oxygen atoms in total. The summed E-state index contributed by atoms with van der Waals surface area (Å²) in [5.41, 5.74) is 0.661. The van der Waals surface area contributed by atoms with Gasteiger partial charge in [-0.25, -0.2) is 4.98 Å². The number of hydrogen-bond acceptors (Lipinski definition) is 4. The highest BCUT2D eigenvalue weighted by atomic mass is 16.5. The minimum absolute atomic E-state index is 0.420. The molecule has 1 atom stereocenters. The summed E-state index contributed by atoms with van der Waals surface area (Å²) in [5, 5.41) is 10.6. The van der Waals surface area contributed by atoms with Gasteiger partial charge in [0.05, 0.1) is 25.9 Å². The van der Waals surface area contributed by atoms with Crippen LogP contribution in [0, 0.1) is 0 Å². The molecule has 0 aliphatic carbocycles. The standard InChI is InChI=1S/C16H22N2O3/c1-4-9-18-10-8-17-15(18)11-12(19)16-13(20-2)6-5-7-14(16)21-3/h5-8,10,12,19H,4,9,11H2,1-3H3. The van der Waals surface area contributed by atoms with E-state index in [0.717, 1.165) is 18.8 Å². The number of methoxy groups -OCH3 is 2. The van der Waals surface area contributed by atoms with Crippen LogP contribution in [-0.4, -0.2) is 28.9 Å². The third-order valence-electron chi connectivity index (χ3n) is 3.44. The Labute approximate surface area is 125 Å². The van der Waals surface area contributed by atoms with E-state index in [1.807, 2.05) is 24.4 Å². The van der Waals surface area contributed by atoms with E-state index in [0.29, 0.717) is 23.5 Å². The Morgan fingerprint density at radius 3 is 2.48 bits per heavy atom. The van der Waals surface area contributed by atoms with E-state index < -0.39 is 6.10 Å². The normalized spacial score (nSPS) is 12.2. The first-order valence-electron chi connectivity index (χ1n) is 7.10. The Bertz CT molecular complexity index is 558. The van der Waals surface area contributed by atoms with Crippen LogP contribution in [0.25, 0.3) is 0 Å². The molecule has 0 aliphatic rings. The summed E-state index contributed by atoms with van der Waals surface area (Å²) in [7, 11) is 3.17. The maximum atomic E-state index is 10.6. The SMILES string of the molecule is CCCn1ccnc1CC(O)c1c(OC)cccc1OC. The second-order valence-corrected chi connectivity index (χ2v) is 4.83. The summed E-state index contributed by atoms with van der Waals surface area (Å²) < 4.78 is 12.7. The minimum Gasteiger partial charge on any atom is -0.496 e. The Kier molecular flexibility index (Phi) is 5.22. The van der Waals surface area contributed by atoms with Gasteiger partial charge in [-0.3, -0.25) is 0 Å². The second-order valence-electron chi connectivity index (χ2n) is 4.83. The molecule has 0 fully saturated rings. The molecule has 0 bridgehead atoms. The van der Waals surface area contributed by atoms with E-state index >= 15 is 0 Å². The first kappa shape index (κ1) is 15.4. The Balaban J connectivity index is 2.27. The van der Waals surface area contributed by atoms with Crippen LogP contribution < -0.4 is 9.47 Å². The molecule has 1 heterocycles. The third kappa shape index (κ3) is 3.36. The van der Waals surface area contributed by atoms with Crippen LogP contribution in [0.4, 0.5) is 0 Å². The molecule has 0 aliphatic heterocycles. The number of ether oxygens (including phenoxy) is 2. The summed E-state index contributed by atoms with van der Waals surface area (Å²) in [4.78, 5) is 4.33. The first-order valence-corrected chi connectivity index (χ1v) is 7.10. The van der Waals surface area contributed by atoms with E-state index in [1.54, 1.807) is 20.4 Å². The van der Waals surface area contributed by atoms with Gasteiger partial charge in [0.1, 0.15) is 17.3 Å². The lowest BCUT2D eigenvalue weighted by Crippen LogP contribution is -2.11. The third-order valence-corrected chi connectivity index (χ3v) is 3.44. The summed E-state index contributed by atoms with van der Waals surface area (Å²) in [5.74, 6) is 2.10. The van der Waals surface area contributed by atoms with E-state index in [1.165, 1.54) is 0 Å².